The highest BCUT2D eigenvalue weighted by Gasteiger charge is 2.17. The highest BCUT2D eigenvalue weighted by molar-refractivity contribution is 7.81. The third-order valence-electron chi connectivity index (χ3n) is 2.70. The Morgan fingerprint density at radius 2 is 1.76 bits per heavy atom. The van der Waals surface area contributed by atoms with Crippen molar-refractivity contribution in [2.45, 2.75) is 43.1 Å². The first-order valence-corrected chi connectivity index (χ1v) is 6.57. The zero-order valence-corrected chi connectivity index (χ0v) is 12.1. The van der Waals surface area contributed by atoms with Gasteiger partial charge in [-0.05, 0) is 37.1 Å². The second-order valence-electron chi connectivity index (χ2n) is 4.17. The van der Waals surface area contributed by atoms with Crippen molar-refractivity contribution in [2.75, 3.05) is 0 Å². The average Bonchev–Trinajstić information content (AvgIpc) is 2.26. The van der Waals surface area contributed by atoms with Crippen LogP contribution in [0.25, 0.3) is 0 Å². The van der Waals surface area contributed by atoms with E-state index in [9.17, 15) is 4.79 Å². The average molecular weight is 270 g/mol. The zero-order chi connectivity index (χ0) is 13.0. The van der Waals surface area contributed by atoms with Gasteiger partial charge >= 0.3 is 5.97 Å². The predicted octanol–water partition coefficient (Wildman–Crippen LogP) is 3.91. The summed E-state index contributed by atoms with van der Waals surface area (Å²) in [4.78, 5) is 13.3. The topological polar surface area (TPSA) is 26.3 Å². The first-order chi connectivity index (χ1) is 7.93. The number of hydrogen-bond donors (Lipinski definition) is 2. The van der Waals surface area contributed by atoms with Gasteiger partial charge in [-0.1, -0.05) is 13.8 Å². The van der Waals surface area contributed by atoms with Crippen LogP contribution in [0, 0.1) is 5.92 Å². The van der Waals surface area contributed by atoms with E-state index in [0.29, 0.717) is 0 Å². The second kappa shape index (κ2) is 6.36. The Morgan fingerprint density at radius 3 is 2.24 bits per heavy atom. The molecule has 0 aliphatic carbocycles. The molecule has 0 saturated heterocycles. The van der Waals surface area contributed by atoms with Crippen molar-refractivity contribution in [1.29, 1.82) is 0 Å². The fourth-order valence-corrected chi connectivity index (χ4v) is 2.06. The summed E-state index contributed by atoms with van der Waals surface area (Å²) in [6.45, 7) is 5.70. The summed E-state index contributed by atoms with van der Waals surface area (Å²) < 4.78 is 5.39. The third-order valence-corrected chi connectivity index (χ3v) is 3.22. The largest absolute Gasteiger partial charge is 0.458 e. The molecule has 0 fully saturated rings. The third kappa shape index (κ3) is 4.28. The van der Waals surface area contributed by atoms with Gasteiger partial charge in [-0.15, -0.1) is 25.3 Å². The molecule has 94 valence electrons. The molecule has 4 heteroatoms. The molecule has 2 nitrogen and oxygen atoms in total. The minimum absolute atomic E-state index is 0.0629. The number of ether oxygens (including phenoxy) is 1. The lowest BCUT2D eigenvalue weighted by Crippen LogP contribution is -2.16. The van der Waals surface area contributed by atoms with Crippen molar-refractivity contribution in [1.82, 2.24) is 0 Å². The molecule has 17 heavy (non-hydrogen) atoms. The SMILES string of the molecule is CCC(C)C(=O)OC(C)c1cc(S)cc(S)c1. The molecule has 0 saturated carbocycles. The lowest BCUT2D eigenvalue weighted by atomic mass is 10.1. The molecule has 1 aromatic rings. The van der Waals surface area contributed by atoms with Gasteiger partial charge in [-0.3, -0.25) is 4.79 Å². The molecular weight excluding hydrogens is 252 g/mol. The van der Waals surface area contributed by atoms with Crippen molar-refractivity contribution in [3.8, 4) is 0 Å². The van der Waals surface area contributed by atoms with Gasteiger partial charge in [-0.2, -0.15) is 0 Å². The monoisotopic (exact) mass is 270 g/mol. The van der Waals surface area contributed by atoms with Crippen LogP contribution in [0.3, 0.4) is 0 Å². The summed E-state index contributed by atoms with van der Waals surface area (Å²) >= 11 is 8.56. The summed E-state index contributed by atoms with van der Waals surface area (Å²) in [5.41, 5.74) is 0.916. The molecule has 1 aromatic carbocycles. The number of thiol groups is 2. The number of carbonyl (C=O) groups is 1. The molecule has 2 unspecified atom stereocenters. The molecule has 0 spiro atoms. The lowest BCUT2D eigenvalue weighted by Gasteiger charge is -2.17. The molecule has 0 amide bonds. The molecular formula is C13H18O2S2. The molecule has 0 aliphatic heterocycles. The Morgan fingerprint density at radius 1 is 1.24 bits per heavy atom. The molecule has 1 rings (SSSR count). The van der Waals surface area contributed by atoms with E-state index in [1.807, 2.05) is 39.0 Å². The first kappa shape index (κ1) is 14.5. The smallest absolute Gasteiger partial charge is 0.309 e. The van der Waals surface area contributed by atoms with Gasteiger partial charge in [-0.25, -0.2) is 0 Å². The van der Waals surface area contributed by atoms with E-state index < -0.39 is 0 Å². The highest BCUT2D eigenvalue weighted by Crippen LogP contribution is 2.24. The van der Waals surface area contributed by atoms with Gasteiger partial charge in [0.15, 0.2) is 0 Å². The highest BCUT2D eigenvalue weighted by atomic mass is 32.1. The fourth-order valence-electron chi connectivity index (χ4n) is 1.38. The summed E-state index contributed by atoms with van der Waals surface area (Å²) in [6, 6.07) is 5.62. The van der Waals surface area contributed by atoms with Crippen molar-refractivity contribution in [2.24, 2.45) is 5.92 Å². The summed E-state index contributed by atoms with van der Waals surface area (Å²) in [7, 11) is 0. The zero-order valence-electron chi connectivity index (χ0n) is 10.3. The van der Waals surface area contributed by atoms with Gasteiger partial charge in [0.1, 0.15) is 6.10 Å². The molecule has 0 aliphatic rings. The lowest BCUT2D eigenvalue weighted by molar-refractivity contribution is -0.153. The number of esters is 1. The Kier molecular flexibility index (Phi) is 5.40. The van der Waals surface area contributed by atoms with Crippen LogP contribution in [-0.2, 0) is 9.53 Å². The van der Waals surface area contributed by atoms with Crippen molar-refractivity contribution in [3.05, 3.63) is 23.8 Å². The van der Waals surface area contributed by atoms with Gasteiger partial charge in [0.05, 0.1) is 5.92 Å². The summed E-state index contributed by atoms with van der Waals surface area (Å²) in [5, 5.41) is 0. The Bertz CT molecular complexity index is 384. The van der Waals surface area contributed by atoms with Crippen LogP contribution in [0.2, 0.25) is 0 Å². The van der Waals surface area contributed by atoms with E-state index in [2.05, 4.69) is 25.3 Å². The molecule has 0 N–H and O–H groups in total. The minimum Gasteiger partial charge on any atom is -0.458 e. The van der Waals surface area contributed by atoms with Gasteiger partial charge in [0.2, 0.25) is 0 Å². The Hall–Kier alpha value is -0.610. The number of hydrogen-bond acceptors (Lipinski definition) is 4. The van der Waals surface area contributed by atoms with Gasteiger partial charge < -0.3 is 4.74 Å². The minimum atomic E-state index is -0.269. The molecule has 2 atom stereocenters. The molecule has 0 aromatic heterocycles. The second-order valence-corrected chi connectivity index (χ2v) is 5.20. The maximum atomic E-state index is 11.7. The molecule has 0 bridgehead atoms. The fraction of sp³-hybridized carbons (Fsp3) is 0.462. The van der Waals surface area contributed by atoms with Crippen molar-refractivity contribution < 1.29 is 9.53 Å². The Balaban J connectivity index is 2.76. The molecule has 0 heterocycles. The summed E-state index contributed by atoms with van der Waals surface area (Å²) in [6.07, 6.45) is 0.519. The van der Waals surface area contributed by atoms with E-state index in [1.54, 1.807) is 0 Å². The van der Waals surface area contributed by atoms with E-state index >= 15 is 0 Å². The standard InChI is InChI=1S/C13H18O2S2/c1-4-8(2)13(14)15-9(3)10-5-11(16)7-12(17)6-10/h5-9,16-17H,4H2,1-3H3. The van der Waals surface area contributed by atoms with Gasteiger partial charge in [0, 0.05) is 9.79 Å². The van der Waals surface area contributed by atoms with Crippen molar-refractivity contribution in [3.63, 3.8) is 0 Å². The predicted molar refractivity (Wildman–Crippen MR) is 74.9 cm³/mol. The van der Waals surface area contributed by atoms with Crippen LogP contribution in [0.4, 0.5) is 0 Å². The molecule has 0 radical (unpaired) electrons. The maximum absolute atomic E-state index is 11.7. The maximum Gasteiger partial charge on any atom is 0.309 e. The van der Waals surface area contributed by atoms with Crippen LogP contribution < -0.4 is 0 Å². The Labute approximate surface area is 114 Å². The van der Waals surface area contributed by atoms with Crippen LogP contribution in [0.15, 0.2) is 28.0 Å². The van der Waals surface area contributed by atoms with E-state index in [-0.39, 0.29) is 18.0 Å². The van der Waals surface area contributed by atoms with Crippen LogP contribution >= 0.6 is 25.3 Å². The number of carbonyl (C=O) groups excluding carboxylic acids is 1. The van der Waals surface area contributed by atoms with Crippen LogP contribution in [0.5, 0.6) is 0 Å². The van der Waals surface area contributed by atoms with Crippen molar-refractivity contribution >= 4 is 31.2 Å². The number of benzene rings is 1. The quantitative estimate of drug-likeness (QED) is 0.641. The number of rotatable bonds is 4. The van der Waals surface area contributed by atoms with Gasteiger partial charge in [0.25, 0.3) is 0 Å². The van der Waals surface area contributed by atoms with E-state index in [0.717, 1.165) is 21.8 Å². The van der Waals surface area contributed by atoms with E-state index in [1.165, 1.54) is 0 Å². The van der Waals surface area contributed by atoms with Crippen LogP contribution in [0.1, 0.15) is 38.9 Å². The van der Waals surface area contributed by atoms with Crippen LogP contribution in [-0.4, -0.2) is 5.97 Å². The summed E-state index contributed by atoms with van der Waals surface area (Å²) in [5.74, 6) is -0.225. The first-order valence-electron chi connectivity index (χ1n) is 5.67. The normalized spacial score (nSPS) is 14.2. The van der Waals surface area contributed by atoms with E-state index in [4.69, 9.17) is 4.74 Å².